The number of fused-ring (bicyclic) bond motifs is 1. The third-order valence-electron chi connectivity index (χ3n) is 5.26. The number of hydrogen-bond donors (Lipinski definition) is 1. The summed E-state index contributed by atoms with van der Waals surface area (Å²) >= 11 is 5.90. The van der Waals surface area contributed by atoms with Gasteiger partial charge < -0.3 is 10.2 Å². The van der Waals surface area contributed by atoms with Crippen LogP contribution in [0.2, 0.25) is 5.02 Å². The van der Waals surface area contributed by atoms with Crippen molar-refractivity contribution in [3.05, 3.63) is 106 Å². The van der Waals surface area contributed by atoms with Crippen LogP contribution in [0.1, 0.15) is 39.5 Å². The molecule has 0 unspecified atom stereocenters. The Morgan fingerprint density at radius 1 is 1.03 bits per heavy atom. The van der Waals surface area contributed by atoms with Crippen LogP contribution in [0.3, 0.4) is 0 Å². The third-order valence-corrected chi connectivity index (χ3v) is 5.51. The summed E-state index contributed by atoms with van der Waals surface area (Å²) < 4.78 is 13.4. The second-order valence-corrected chi connectivity index (χ2v) is 7.70. The van der Waals surface area contributed by atoms with Crippen molar-refractivity contribution in [2.75, 3.05) is 0 Å². The summed E-state index contributed by atoms with van der Waals surface area (Å²) in [5.74, 6) is -0.672. The first-order valence-electron chi connectivity index (χ1n) is 9.67. The highest BCUT2D eigenvalue weighted by Crippen LogP contribution is 2.33. The number of rotatable bonds is 6. The molecule has 152 valence electrons. The van der Waals surface area contributed by atoms with Gasteiger partial charge in [-0.2, -0.15) is 0 Å². The van der Waals surface area contributed by atoms with Gasteiger partial charge in [0.15, 0.2) is 0 Å². The first-order chi connectivity index (χ1) is 14.5. The molecule has 4 rings (SSSR count). The minimum absolute atomic E-state index is 0.0823. The van der Waals surface area contributed by atoms with E-state index >= 15 is 0 Å². The quantitative estimate of drug-likeness (QED) is 0.615. The topological polar surface area (TPSA) is 49.4 Å². The Balaban J connectivity index is 1.52. The van der Waals surface area contributed by atoms with E-state index < -0.39 is 6.04 Å². The molecule has 30 heavy (non-hydrogen) atoms. The standard InChI is InChI=1S/C24H20ClFN2O2/c25-19-9-5-16(6-10-19)14-27-23(29)13-22(17-7-11-20(26)12-8-17)28-15-18-3-1-2-4-21(18)24(28)30/h1-12,22H,13-15H2,(H,27,29)/t22-/m1/s1. The van der Waals surface area contributed by atoms with E-state index in [0.717, 1.165) is 16.7 Å². The van der Waals surface area contributed by atoms with Gasteiger partial charge in [0.1, 0.15) is 5.82 Å². The Kier molecular flexibility index (Phi) is 5.81. The number of nitrogens with zero attached hydrogens (tertiary/aromatic N) is 1. The monoisotopic (exact) mass is 422 g/mol. The molecule has 1 heterocycles. The second kappa shape index (κ2) is 8.67. The Labute approximate surface area is 179 Å². The lowest BCUT2D eigenvalue weighted by atomic mass is 10.0. The summed E-state index contributed by atoms with van der Waals surface area (Å²) in [6.07, 6.45) is 0.0823. The zero-order chi connectivity index (χ0) is 21.1. The van der Waals surface area contributed by atoms with Crippen molar-refractivity contribution in [3.63, 3.8) is 0 Å². The van der Waals surface area contributed by atoms with Crippen LogP contribution >= 0.6 is 11.6 Å². The SMILES string of the molecule is O=C(C[C@H](c1ccc(F)cc1)N1Cc2ccccc2C1=O)NCc1ccc(Cl)cc1. The van der Waals surface area contributed by atoms with Gasteiger partial charge >= 0.3 is 0 Å². The minimum Gasteiger partial charge on any atom is -0.352 e. The van der Waals surface area contributed by atoms with Crippen LogP contribution < -0.4 is 5.32 Å². The van der Waals surface area contributed by atoms with E-state index in [0.29, 0.717) is 23.7 Å². The molecule has 1 aliphatic rings. The summed E-state index contributed by atoms with van der Waals surface area (Å²) in [7, 11) is 0. The Hall–Kier alpha value is -3.18. The fourth-order valence-corrected chi connectivity index (χ4v) is 3.80. The van der Waals surface area contributed by atoms with E-state index in [1.54, 1.807) is 35.2 Å². The molecule has 0 radical (unpaired) electrons. The van der Waals surface area contributed by atoms with Gasteiger partial charge in [-0.25, -0.2) is 4.39 Å². The normalized spacial score (nSPS) is 13.8. The number of halogens is 2. The van der Waals surface area contributed by atoms with Gasteiger partial charge in [-0.3, -0.25) is 9.59 Å². The van der Waals surface area contributed by atoms with Gasteiger partial charge in [0.05, 0.1) is 12.5 Å². The van der Waals surface area contributed by atoms with Crippen LogP contribution in [-0.4, -0.2) is 16.7 Å². The fraction of sp³-hybridized carbons (Fsp3) is 0.167. The van der Waals surface area contributed by atoms with E-state index in [1.165, 1.54) is 12.1 Å². The fourth-order valence-electron chi connectivity index (χ4n) is 3.67. The van der Waals surface area contributed by atoms with Crippen molar-refractivity contribution >= 4 is 23.4 Å². The summed E-state index contributed by atoms with van der Waals surface area (Å²) in [6, 6.07) is 20.1. The van der Waals surface area contributed by atoms with Crippen LogP contribution in [0, 0.1) is 5.82 Å². The molecule has 0 fully saturated rings. The molecule has 6 heteroatoms. The molecule has 1 N–H and O–H groups in total. The van der Waals surface area contributed by atoms with Crippen molar-refractivity contribution in [3.8, 4) is 0 Å². The maximum atomic E-state index is 13.4. The molecule has 3 aromatic carbocycles. The molecule has 0 spiro atoms. The molecule has 3 aromatic rings. The predicted octanol–water partition coefficient (Wildman–Crippen LogP) is 4.88. The summed E-state index contributed by atoms with van der Waals surface area (Å²) in [4.78, 5) is 27.4. The van der Waals surface area contributed by atoms with Crippen LogP contribution in [-0.2, 0) is 17.9 Å². The zero-order valence-corrected chi connectivity index (χ0v) is 16.9. The van der Waals surface area contributed by atoms with Crippen molar-refractivity contribution in [1.29, 1.82) is 0 Å². The lowest BCUT2D eigenvalue weighted by molar-refractivity contribution is -0.122. The van der Waals surface area contributed by atoms with Gasteiger partial charge in [0.25, 0.3) is 5.91 Å². The maximum Gasteiger partial charge on any atom is 0.255 e. The van der Waals surface area contributed by atoms with Crippen LogP contribution in [0.5, 0.6) is 0 Å². The average Bonchev–Trinajstić information content (AvgIpc) is 3.09. The lowest BCUT2D eigenvalue weighted by Gasteiger charge is -2.28. The van der Waals surface area contributed by atoms with Crippen LogP contribution in [0.25, 0.3) is 0 Å². The molecule has 1 atom stereocenters. The van der Waals surface area contributed by atoms with E-state index in [-0.39, 0.29) is 24.1 Å². The smallest absolute Gasteiger partial charge is 0.255 e. The Morgan fingerprint density at radius 3 is 2.43 bits per heavy atom. The molecule has 2 amide bonds. The highest BCUT2D eigenvalue weighted by Gasteiger charge is 2.34. The number of hydrogen-bond acceptors (Lipinski definition) is 2. The first-order valence-corrected chi connectivity index (χ1v) is 10.0. The maximum absolute atomic E-state index is 13.4. The van der Waals surface area contributed by atoms with Crippen LogP contribution in [0.15, 0.2) is 72.8 Å². The van der Waals surface area contributed by atoms with Gasteiger partial charge in [0.2, 0.25) is 5.91 Å². The molecule has 0 saturated heterocycles. The zero-order valence-electron chi connectivity index (χ0n) is 16.1. The highest BCUT2D eigenvalue weighted by atomic mass is 35.5. The summed E-state index contributed by atoms with van der Waals surface area (Å²) in [6.45, 7) is 0.780. The van der Waals surface area contributed by atoms with E-state index in [4.69, 9.17) is 11.6 Å². The van der Waals surface area contributed by atoms with E-state index in [9.17, 15) is 14.0 Å². The average molecular weight is 423 g/mol. The second-order valence-electron chi connectivity index (χ2n) is 7.26. The number of nitrogens with one attached hydrogen (secondary N) is 1. The van der Waals surface area contributed by atoms with Crippen molar-refractivity contribution in [2.45, 2.75) is 25.6 Å². The first kappa shape index (κ1) is 20.1. The van der Waals surface area contributed by atoms with Crippen molar-refractivity contribution in [1.82, 2.24) is 10.2 Å². The molecular weight excluding hydrogens is 403 g/mol. The largest absolute Gasteiger partial charge is 0.352 e. The van der Waals surface area contributed by atoms with E-state index in [1.807, 2.05) is 30.3 Å². The molecule has 0 bridgehead atoms. The minimum atomic E-state index is -0.490. The molecule has 0 saturated carbocycles. The highest BCUT2D eigenvalue weighted by molar-refractivity contribution is 6.30. The molecule has 4 nitrogen and oxygen atoms in total. The Morgan fingerprint density at radius 2 is 1.73 bits per heavy atom. The van der Waals surface area contributed by atoms with Crippen molar-refractivity contribution < 1.29 is 14.0 Å². The Bertz CT molecular complexity index is 1070. The number of benzene rings is 3. The number of carbonyl (C=O) groups is 2. The summed E-state index contributed by atoms with van der Waals surface area (Å²) in [5, 5.41) is 3.53. The number of amides is 2. The molecule has 1 aliphatic heterocycles. The van der Waals surface area contributed by atoms with Gasteiger partial charge in [-0.15, -0.1) is 0 Å². The van der Waals surface area contributed by atoms with Gasteiger partial charge in [-0.1, -0.05) is 54.1 Å². The summed E-state index contributed by atoms with van der Waals surface area (Å²) in [5.41, 5.74) is 3.22. The van der Waals surface area contributed by atoms with Crippen LogP contribution in [0.4, 0.5) is 4.39 Å². The molecular formula is C24H20ClFN2O2. The molecule has 0 aromatic heterocycles. The molecule has 0 aliphatic carbocycles. The number of carbonyl (C=O) groups excluding carboxylic acids is 2. The van der Waals surface area contributed by atoms with Gasteiger partial charge in [-0.05, 0) is 47.0 Å². The van der Waals surface area contributed by atoms with Crippen molar-refractivity contribution in [2.24, 2.45) is 0 Å². The van der Waals surface area contributed by atoms with E-state index in [2.05, 4.69) is 5.32 Å². The van der Waals surface area contributed by atoms with Gasteiger partial charge in [0, 0.05) is 23.7 Å². The lowest BCUT2D eigenvalue weighted by Crippen LogP contribution is -2.34. The third kappa shape index (κ3) is 4.36. The predicted molar refractivity (Wildman–Crippen MR) is 113 cm³/mol.